The third-order valence-corrected chi connectivity index (χ3v) is 11.8. The number of unbranched alkanes of at least 4 members (excludes halogenated alkanes) is 4. The first-order chi connectivity index (χ1) is 29.9. The molecule has 6 atom stereocenters. The Kier molecular flexibility index (Phi) is 17.1. The van der Waals surface area contributed by atoms with Crippen molar-refractivity contribution in [1.29, 1.82) is 0 Å². The standard InChI is InChI=1S/C48H68N2O13/c1-8-10-12-23-48(24-13-11-9-2)61-37-28-33(43(55)50-25-15-18-35(50)42(54)49-34(29-51)20-22-39(53)62-46(3,4)5)27-36(40(37)63-48)59-44(56)32-17-14-16-31(26-32)19-21-38(52)60-41-45(57)58-30-47(41,6)7/h14,16-17,19,21,26,28,34-37,40-41,51H,8-13,15,18,20,22-25,27,29-30H2,1-7H3,(H,49,54)/t34-,35+,36+,37+,40-,41-/m0/s1. The highest BCUT2D eigenvalue weighted by atomic mass is 16.8. The molecule has 1 aromatic rings. The van der Waals surface area contributed by atoms with Gasteiger partial charge >= 0.3 is 23.9 Å². The molecule has 0 radical (unpaired) electrons. The number of aliphatic hydroxyl groups is 1. The molecule has 1 aromatic carbocycles. The number of ether oxygens (including phenoxy) is 6. The first-order valence-electron chi connectivity index (χ1n) is 22.7. The molecular weight excluding hydrogens is 813 g/mol. The quantitative estimate of drug-likeness (QED) is 0.0644. The molecule has 15 heteroatoms. The van der Waals surface area contributed by atoms with Gasteiger partial charge in [-0.3, -0.25) is 14.4 Å². The van der Waals surface area contributed by atoms with Gasteiger partial charge in [0, 0.05) is 49.3 Å². The second-order valence-corrected chi connectivity index (χ2v) is 18.9. The summed E-state index contributed by atoms with van der Waals surface area (Å²) in [6, 6.07) is 4.97. The molecule has 0 aromatic heterocycles. The van der Waals surface area contributed by atoms with Crippen molar-refractivity contribution in [2.75, 3.05) is 19.8 Å². The van der Waals surface area contributed by atoms with Gasteiger partial charge in [0.15, 0.2) is 5.79 Å². The third kappa shape index (κ3) is 13.5. The van der Waals surface area contributed by atoms with Crippen molar-refractivity contribution >= 4 is 41.8 Å². The highest BCUT2D eigenvalue weighted by Gasteiger charge is 2.53. The van der Waals surface area contributed by atoms with Gasteiger partial charge in [-0.15, -0.1) is 0 Å². The monoisotopic (exact) mass is 880 g/mol. The van der Waals surface area contributed by atoms with Crippen LogP contribution >= 0.6 is 0 Å². The maximum absolute atomic E-state index is 14.5. The average molecular weight is 881 g/mol. The van der Waals surface area contributed by atoms with Crippen molar-refractivity contribution in [3.63, 3.8) is 0 Å². The zero-order chi connectivity index (χ0) is 46.0. The lowest BCUT2D eigenvalue weighted by Gasteiger charge is -2.33. The van der Waals surface area contributed by atoms with Crippen LogP contribution in [0.15, 0.2) is 42.0 Å². The van der Waals surface area contributed by atoms with Crippen LogP contribution in [0.3, 0.4) is 0 Å². The predicted octanol–water partition coefficient (Wildman–Crippen LogP) is 6.28. The number of fused-ring (bicyclic) bond motifs is 1. The molecule has 3 aliphatic heterocycles. The van der Waals surface area contributed by atoms with Crippen molar-refractivity contribution in [3.05, 3.63) is 53.1 Å². The van der Waals surface area contributed by atoms with Crippen molar-refractivity contribution in [2.24, 2.45) is 5.41 Å². The molecule has 348 valence electrons. The molecule has 4 aliphatic rings. The molecular formula is C48H68N2O13. The smallest absolute Gasteiger partial charge is 0.348 e. The predicted molar refractivity (Wildman–Crippen MR) is 232 cm³/mol. The first-order valence-corrected chi connectivity index (χ1v) is 22.7. The summed E-state index contributed by atoms with van der Waals surface area (Å²) in [6.07, 6.45) is 9.23. The summed E-state index contributed by atoms with van der Waals surface area (Å²) in [4.78, 5) is 80.8. The van der Waals surface area contributed by atoms with Gasteiger partial charge in [0.05, 0.1) is 18.2 Å². The van der Waals surface area contributed by atoms with Gasteiger partial charge in [0.2, 0.25) is 17.9 Å². The van der Waals surface area contributed by atoms with E-state index >= 15 is 0 Å². The van der Waals surface area contributed by atoms with Crippen molar-refractivity contribution in [3.8, 4) is 0 Å². The molecule has 0 spiro atoms. The summed E-state index contributed by atoms with van der Waals surface area (Å²) in [5.74, 6) is -4.19. The molecule has 0 saturated carbocycles. The molecule has 15 nitrogen and oxygen atoms in total. The summed E-state index contributed by atoms with van der Waals surface area (Å²) in [5, 5.41) is 12.9. The van der Waals surface area contributed by atoms with Gasteiger partial charge in [-0.05, 0) is 82.7 Å². The van der Waals surface area contributed by atoms with Gasteiger partial charge in [-0.2, -0.15) is 0 Å². The van der Waals surface area contributed by atoms with Crippen LogP contribution in [-0.2, 0) is 52.4 Å². The minimum Gasteiger partial charge on any atom is -0.462 e. The fourth-order valence-corrected chi connectivity index (χ4v) is 8.48. The van der Waals surface area contributed by atoms with E-state index in [2.05, 4.69) is 19.2 Å². The Morgan fingerprint density at radius 2 is 1.73 bits per heavy atom. The minimum atomic E-state index is -1.03. The summed E-state index contributed by atoms with van der Waals surface area (Å²) >= 11 is 0. The molecule has 63 heavy (non-hydrogen) atoms. The molecule has 2 amide bonds. The van der Waals surface area contributed by atoms with E-state index in [1.54, 1.807) is 65.0 Å². The van der Waals surface area contributed by atoms with E-state index in [0.717, 1.165) is 38.5 Å². The van der Waals surface area contributed by atoms with Gasteiger partial charge in [0.25, 0.3) is 0 Å². The second-order valence-electron chi connectivity index (χ2n) is 18.9. The van der Waals surface area contributed by atoms with E-state index in [9.17, 15) is 33.9 Å². The van der Waals surface area contributed by atoms with Crippen molar-refractivity contribution in [2.45, 2.75) is 180 Å². The number of aliphatic hydroxyl groups excluding tert-OH is 1. The number of benzene rings is 1. The Balaban J connectivity index is 1.33. The van der Waals surface area contributed by atoms with Crippen LogP contribution in [0.25, 0.3) is 6.08 Å². The van der Waals surface area contributed by atoms with Crippen LogP contribution < -0.4 is 5.32 Å². The van der Waals surface area contributed by atoms with Gasteiger partial charge in [0.1, 0.15) is 36.6 Å². The Hall–Kier alpha value is -4.60. The second kappa shape index (κ2) is 21.9. The van der Waals surface area contributed by atoms with Crippen LogP contribution in [0, 0.1) is 5.41 Å². The SMILES string of the molecule is CCCCCC1(CCCCC)O[C@@H]2[C@@H](C=C(C(=O)N3CCC[C@@H]3C(=O)N[C@H](CO)CCC(=O)OC(C)(C)C)C[C@H]2OC(=O)c2cccc(C=CC(=O)O[C@H]3C(=O)OCC3(C)C)c2)O1. The minimum absolute atomic E-state index is 0.0000752. The number of hydrogen-bond donors (Lipinski definition) is 2. The lowest BCUT2D eigenvalue weighted by molar-refractivity contribution is -0.190. The lowest BCUT2D eigenvalue weighted by atomic mass is 9.90. The maximum Gasteiger partial charge on any atom is 0.348 e. The first kappa shape index (κ1) is 49.4. The van der Waals surface area contributed by atoms with Gasteiger partial charge in [-0.1, -0.05) is 65.5 Å². The number of amides is 2. The lowest BCUT2D eigenvalue weighted by Crippen LogP contribution is -2.51. The van der Waals surface area contributed by atoms with E-state index < -0.39 is 89.7 Å². The largest absolute Gasteiger partial charge is 0.462 e. The highest BCUT2D eigenvalue weighted by molar-refractivity contribution is 5.98. The van der Waals surface area contributed by atoms with E-state index in [-0.39, 0.29) is 37.3 Å². The molecule has 3 fully saturated rings. The fourth-order valence-electron chi connectivity index (χ4n) is 8.48. The Morgan fingerprint density at radius 3 is 2.37 bits per heavy atom. The van der Waals surface area contributed by atoms with Gasteiger partial charge in [-0.25, -0.2) is 14.4 Å². The highest BCUT2D eigenvalue weighted by Crippen LogP contribution is 2.44. The number of rotatable bonds is 20. The van der Waals surface area contributed by atoms with E-state index in [1.165, 1.54) is 17.1 Å². The summed E-state index contributed by atoms with van der Waals surface area (Å²) in [7, 11) is 0. The molecule has 0 unspecified atom stereocenters. The van der Waals surface area contributed by atoms with Crippen molar-refractivity contribution in [1.82, 2.24) is 10.2 Å². The Labute approximate surface area is 371 Å². The molecule has 3 saturated heterocycles. The van der Waals surface area contributed by atoms with Crippen LogP contribution in [0.1, 0.15) is 148 Å². The van der Waals surface area contributed by atoms with E-state index in [1.807, 2.05) is 0 Å². The third-order valence-electron chi connectivity index (χ3n) is 11.8. The van der Waals surface area contributed by atoms with E-state index in [4.69, 9.17) is 28.4 Å². The Morgan fingerprint density at radius 1 is 1.02 bits per heavy atom. The number of esters is 4. The molecule has 2 N–H and O–H groups in total. The number of hydrogen-bond acceptors (Lipinski definition) is 13. The summed E-state index contributed by atoms with van der Waals surface area (Å²) < 4.78 is 35.7. The van der Waals surface area contributed by atoms with E-state index in [0.29, 0.717) is 43.4 Å². The number of nitrogens with one attached hydrogen (secondary N) is 1. The van der Waals surface area contributed by atoms with Crippen molar-refractivity contribution < 1.29 is 62.3 Å². The zero-order valence-corrected chi connectivity index (χ0v) is 38.1. The summed E-state index contributed by atoms with van der Waals surface area (Å²) in [6.45, 7) is 13.2. The zero-order valence-electron chi connectivity index (χ0n) is 38.1. The van der Waals surface area contributed by atoms with Crippen LogP contribution in [0.5, 0.6) is 0 Å². The van der Waals surface area contributed by atoms with Crippen LogP contribution in [0.4, 0.5) is 0 Å². The van der Waals surface area contributed by atoms with Crippen LogP contribution in [0.2, 0.25) is 0 Å². The number of nitrogens with zero attached hydrogens (tertiary/aromatic N) is 1. The number of cyclic esters (lactones) is 1. The topological polar surface area (TPSA) is 193 Å². The normalized spacial score (nSPS) is 24.3. The molecule has 5 rings (SSSR count). The number of carbonyl (C=O) groups excluding carboxylic acids is 6. The Bertz CT molecular complexity index is 1860. The summed E-state index contributed by atoms with van der Waals surface area (Å²) in [5.41, 5.74) is -0.293. The molecule has 3 heterocycles. The number of carbonyl (C=O) groups is 6. The van der Waals surface area contributed by atoms with Gasteiger partial charge < -0.3 is 43.7 Å². The fraction of sp³-hybridized carbons (Fsp3) is 0.667. The average Bonchev–Trinajstić information content (AvgIpc) is 3.94. The maximum atomic E-state index is 14.5. The molecule has 1 aliphatic carbocycles. The molecule has 0 bridgehead atoms. The number of likely N-dealkylation sites (tertiary alicyclic amines) is 1. The van der Waals surface area contributed by atoms with Crippen LogP contribution in [-0.4, -0.2) is 113 Å².